The molecule has 1 N–H and O–H groups in total. The van der Waals surface area contributed by atoms with Crippen LogP contribution in [0, 0.1) is 10.1 Å². The zero-order valence-corrected chi connectivity index (χ0v) is 12.1. The molecule has 0 aliphatic rings. The van der Waals surface area contributed by atoms with Gasteiger partial charge in [-0.1, -0.05) is 19.1 Å². The predicted octanol–water partition coefficient (Wildman–Crippen LogP) is 4.07. The second-order valence-corrected chi connectivity index (χ2v) is 5.59. The summed E-state index contributed by atoms with van der Waals surface area (Å²) in [6, 6.07) is 11.1. The van der Waals surface area contributed by atoms with Crippen LogP contribution in [0.5, 0.6) is 0 Å². The molecule has 0 amide bonds. The minimum absolute atomic E-state index is 0.0523. The number of benzene rings is 2. The normalized spacial score (nSPS) is 10.3. The number of rotatable bonds is 5. The molecular formula is C15H13NO4S. The van der Waals surface area contributed by atoms with Crippen LogP contribution < -0.4 is 0 Å². The summed E-state index contributed by atoms with van der Waals surface area (Å²) >= 11 is 1.67. The van der Waals surface area contributed by atoms with Crippen LogP contribution in [0.3, 0.4) is 0 Å². The molecule has 0 unspecified atom stereocenters. The van der Waals surface area contributed by atoms with Crippen molar-refractivity contribution in [3.8, 4) is 11.1 Å². The van der Waals surface area contributed by atoms with Crippen LogP contribution in [0.4, 0.5) is 5.69 Å². The monoisotopic (exact) mass is 303 g/mol. The number of carbonyl (C=O) groups is 1. The van der Waals surface area contributed by atoms with Gasteiger partial charge in [-0.05, 0) is 29.5 Å². The maximum Gasteiger partial charge on any atom is 0.336 e. The first-order chi connectivity index (χ1) is 10.0. The van der Waals surface area contributed by atoms with E-state index in [0.717, 1.165) is 10.6 Å². The van der Waals surface area contributed by atoms with Gasteiger partial charge in [0.05, 0.1) is 10.5 Å². The van der Waals surface area contributed by atoms with Gasteiger partial charge in [0, 0.05) is 22.6 Å². The lowest BCUT2D eigenvalue weighted by Gasteiger charge is -2.07. The second-order valence-electron chi connectivity index (χ2n) is 4.25. The summed E-state index contributed by atoms with van der Waals surface area (Å²) in [5.41, 5.74) is 0.930. The van der Waals surface area contributed by atoms with Crippen LogP contribution in [0.2, 0.25) is 0 Å². The first kappa shape index (κ1) is 15.1. The molecule has 0 aliphatic carbocycles. The highest BCUT2D eigenvalue weighted by Gasteiger charge is 2.16. The Kier molecular flexibility index (Phi) is 4.59. The van der Waals surface area contributed by atoms with Crippen molar-refractivity contribution in [2.45, 2.75) is 11.8 Å². The van der Waals surface area contributed by atoms with E-state index in [9.17, 15) is 20.0 Å². The molecule has 21 heavy (non-hydrogen) atoms. The van der Waals surface area contributed by atoms with E-state index in [1.165, 1.54) is 18.2 Å². The zero-order chi connectivity index (χ0) is 15.4. The van der Waals surface area contributed by atoms with Crippen LogP contribution in [-0.2, 0) is 0 Å². The number of carboxylic acid groups (broad SMARTS) is 1. The Morgan fingerprint density at radius 2 is 1.90 bits per heavy atom. The van der Waals surface area contributed by atoms with E-state index in [0.29, 0.717) is 11.1 Å². The lowest BCUT2D eigenvalue weighted by molar-refractivity contribution is -0.384. The number of non-ortho nitro benzene ring substituents is 1. The third-order valence-corrected chi connectivity index (χ3v) is 3.81. The van der Waals surface area contributed by atoms with Crippen LogP contribution >= 0.6 is 11.8 Å². The second kappa shape index (κ2) is 6.41. The Bertz CT molecular complexity index is 683. The summed E-state index contributed by atoms with van der Waals surface area (Å²) in [6.07, 6.45) is 0. The summed E-state index contributed by atoms with van der Waals surface area (Å²) in [6.45, 7) is 2.04. The van der Waals surface area contributed by atoms with Gasteiger partial charge in [0.25, 0.3) is 5.69 Å². The molecule has 0 aromatic heterocycles. The van der Waals surface area contributed by atoms with Gasteiger partial charge in [0.15, 0.2) is 0 Å². The highest BCUT2D eigenvalue weighted by atomic mass is 32.2. The Labute approximate surface area is 125 Å². The quantitative estimate of drug-likeness (QED) is 0.511. The molecule has 0 bridgehead atoms. The van der Waals surface area contributed by atoms with Crippen molar-refractivity contribution < 1.29 is 14.8 Å². The van der Waals surface area contributed by atoms with Crippen molar-refractivity contribution >= 4 is 23.4 Å². The molecule has 0 atom stereocenters. The highest BCUT2D eigenvalue weighted by molar-refractivity contribution is 7.99. The van der Waals surface area contributed by atoms with Crippen LogP contribution in [0.25, 0.3) is 11.1 Å². The molecule has 0 heterocycles. The Morgan fingerprint density at radius 3 is 2.43 bits per heavy atom. The summed E-state index contributed by atoms with van der Waals surface area (Å²) in [4.78, 5) is 22.7. The molecule has 0 saturated heterocycles. The van der Waals surface area contributed by atoms with Gasteiger partial charge >= 0.3 is 5.97 Å². The average Bonchev–Trinajstić information content (AvgIpc) is 2.47. The first-order valence-electron chi connectivity index (χ1n) is 6.28. The van der Waals surface area contributed by atoms with Crippen LogP contribution in [-0.4, -0.2) is 21.8 Å². The lowest BCUT2D eigenvalue weighted by atomic mass is 9.99. The van der Waals surface area contributed by atoms with Gasteiger partial charge in [0.1, 0.15) is 0 Å². The van der Waals surface area contributed by atoms with E-state index in [-0.39, 0.29) is 11.3 Å². The number of aromatic carboxylic acids is 1. The van der Waals surface area contributed by atoms with Crippen LogP contribution in [0.15, 0.2) is 47.4 Å². The molecule has 5 nitrogen and oxygen atoms in total. The standard InChI is InChI=1S/C15H13NO4S/c1-2-21-12-6-3-10(4-7-12)14-9-11(16(19)20)5-8-13(14)15(17)18/h3-9H,2H2,1H3,(H,17,18). The highest BCUT2D eigenvalue weighted by Crippen LogP contribution is 2.30. The molecule has 2 aromatic carbocycles. The number of hydrogen-bond acceptors (Lipinski definition) is 4. The van der Waals surface area contributed by atoms with Crippen molar-refractivity contribution in [2.75, 3.05) is 5.75 Å². The molecular weight excluding hydrogens is 290 g/mol. The number of nitrogens with zero attached hydrogens (tertiary/aromatic N) is 1. The third kappa shape index (κ3) is 3.41. The lowest BCUT2D eigenvalue weighted by Crippen LogP contribution is -2.00. The van der Waals surface area contributed by atoms with Gasteiger partial charge in [-0.15, -0.1) is 11.8 Å². The van der Waals surface area contributed by atoms with E-state index < -0.39 is 10.9 Å². The maximum atomic E-state index is 11.3. The molecule has 0 radical (unpaired) electrons. The van der Waals surface area contributed by atoms with E-state index >= 15 is 0 Å². The van der Waals surface area contributed by atoms with Gasteiger partial charge in [-0.2, -0.15) is 0 Å². The zero-order valence-electron chi connectivity index (χ0n) is 11.3. The fraction of sp³-hybridized carbons (Fsp3) is 0.133. The smallest absolute Gasteiger partial charge is 0.336 e. The largest absolute Gasteiger partial charge is 0.478 e. The molecule has 0 fully saturated rings. The minimum Gasteiger partial charge on any atom is -0.478 e. The Balaban J connectivity index is 2.51. The van der Waals surface area contributed by atoms with Gasteiger partial charge in [-0.3, -0.25) is 10.1 Å². The van der Waals surface area contributed by atoms with Crippen molar-refractivity contribution in [2.24, 2.45) is 0 Å². The molecule has 2 rings (SSSR count). The summed E-state index contributed by atoms with van der Waals surface area (Å²) in [7, 11) is 0. The number of thioether (sulfide) groups is 1. The van der Waals surface area contributed by atoms with E-state index in [1.54, 1.807) is 23.9 Å². The number of nitro groups is 1. The van der Waals surface area contributed by atoms with Gasteiger partial charge in [-0.25, -0.2) is 4.79 Å². The van der Waals surface area contributed by atoms with E-state index in [2.05, 4.69) is 0 Å². The minimum atomic E-state index is -1.10. The Morgan fingerprint density at radius 1 is 1.24 bits per heavy atom. The fourth-order valence-corrected chi connectivity index (χ4v) is 2.63. The maximum absolute atomic E-state index is 11.3. The SMILES string of the molecule is CCSc1ccc(-c2cc([N+](=O)[O-])ccc2C(=O)O)cc1. The molecule has 0 spiro atoms. The summed E-state index contributed by atoms with van der Waals surface area (Å²) in [5.74, 6) is -0.164. The van der Waals surface area contributed by atoms with Gasteiger partial charge < -0.3 is 5.11 Å². The summed E-state index contributed by atoms with van der Waals surface area (Å²) in [5, 5.41) is 20.1. The number of hydrogen-bond donors (Lipinski definition) is 1. The van der Waals surface area contributed by atoms with Crippen molar-refractivity contribution in [3.63, 3.8) is 0 Å². The molecule has 0 saturated carbocycles. The molecule has 6 heteroatoms. The van der Waals surface area contributed by atoms with Crippen molar-refractivity contribution in [1.82, 2.24) is 0 Å². The molecule has 2 aromatic rings. The molecule has 108 valence electrons. The molecule has 0 aliphatic heterocycles. The number of carboxylic acids is 1. The third-order valence-electron chi connectivity index (χ3n) is 2.92. The van der Waals surface area contributed by atoms with E-state index in [4.69, 9.17) is 0 Å². The van der Waals surface area contributed by atoms with Crippen LogP contribution in [0.1, 0.15) is 17.3 Å². The van der Waals surface area contributed by atoms with Gasteiger partial charge in [0.2, 0.25) is 0 Å². The predicted molar refractivity (Wildman–Crippen MR) is 81.9 cm³/mol. The Hall–Kier alpha value is -2.34. The topological polar surface area (TPSA) is 80.4 Å². The first-order valence-corrected chi connectivity index (χ1v) is 7.26. The van der Waals surface area contributed by atoms with Crippen molar-refractivity contribution in [1.29, 1.82) is 0 Å². The van der Waals surface area contributed by atoms with E-state index in [1.807, 2.05) is 19.1 Å². The summed E-state index contributed by atoms with van der Waals surface area (Å²) < 4.78 is 0. The van der Waals surface area contributed by atoms with Crippen molar-refractivity contribution in [3.05, 3.63) is 58.1 Å². The number of nitro benzene ring substituents is 1. The average molecular weight is 303 g/mol. The fourth-order valence-electron chi connectivity index (χ4n) is 1.97.